The van der Waals surface area contributed by atoms with Crippen LogP contribution in [-0.4, -0.2) is 92.8 Å². The number of fused-ring (bicyclic) bond motifs is 2. The number of hydrogen-bond acceptors (Lipinski definition) is 9. The summed E-state index contributed by atoms with van der Waals surface area (Å²) in [5.74, 6) is -0.522. The molecule has 10 nitrogen and oxygen atoms in total. The first-order chi connectivity index (χ1) is 19.6. The second kappa shape index (κ2) is 14.8. The Kier molecular flexibility index (Phi) is 12.3. The summed E-state index contributed by atoms with van der Waals surface area (Å²) in [6.45, 7) is 16.2. The number of methoxy groups -OCH3 is 1. The van der Waals surface area contributed by atoms with E-state index in [1.54, 1.807) is 7.11 Å². The molecule has 1 amide bonds. The fourth-order valence-corrected chi connectivity index (χ4v) is 7.44. The van der Waals surface area contributed by atoms with Crippen molar-refractivity contribution in [1.82, 2.24) is 10.2 Å². The number of carbonyl (C=O) groups excluding carboxylic acids is 3. The van der Waals surface area contributed by atoms with Crippen LogP contribution in [0.4, 0.5) is 4.79 Å². The average molecular weight is 597 g/mol. The lowest BCUT2D eigenvalue weighted by Gasteiger charge is -2.48. The third-order valence-corrected chi connectivity index (χ3v) is 10.1. The van der Waals surface area contributed by atoms with Crippen LogP contribution in [0.3, 0.4) is 0 Å². The maximum atomic E-state index is 13.5. The Morgan fingerprint density at radius 3 is 2.10 bits per heavy atom. The summed E-state index contributed by atoms with van der Waals surface area (Å²) in [6, 6.07) is -0.0878. The van der Waals surface area contributed by atoms with Gasteiger partial charge in [-0.05, 0) is 52.1 Å². The van der Waals surface area contributed by atoms with Crippen LogP contribution in [0.25, 0.3) is 0 Å². The normalized spacial score (nSPS) is 44.7. The molecule has 14 atom stereocenters. The molecule has 2 bridgehead atoms. The minimum atomic E-state index is -0.539. The third kappa shape index (κ3) is 8.24. The quantitative estimate of drug-likeness (QED) is 0.471. The maximum absolute atomic E-state index is 13.5. The zero-order valence-corrected chi connectivity index (χ0v) is 27.6. The Bertz CT molecular complexity index is 930. The Morgan fingerprint density at radius 1 is 0.810 bits per heavy atom. The van der Waals surface area contributed by atoms with Crippen LogP contribution in [0.1, 0.15) is 81.1 Å². The molecule has 242 valence electrons. The Labute approximate surface area is 252 Å². The largest absolute Gasteiger partial charge is 0.462 e. The molecule has 1 N–H and O–H groups in total. The predicted molar refractivity (Wildman–Crippen MR) is 159 cm³/mol. The van der Waals surface area contributed by atoms with Crippen molar-refractivity contribution in [1.29, 1.82) is 0 Å². The highest BCUT2D eigenvalue weighted by molar-refractivity contribution is 5.82. The lowest BCUT2D eigenvalue weighted by atomic mass is 9.80. The van der Waals surface area contributed by atoms with Gasteiger partial charge in [-0.3, -0.25) is 9.59 Å². The van der Waals surface area contributed by atoms with Gasteiger partial charge in [-0.25, -0.2) is 4.79 Å². The van der Waals surface area contributed by atoms with Gasteiger partial charge in [-0.1, -0.05) is 41.5 Å². The van der Waals surface area contributed by atoms with Gasteiger partial charge in [0.05, 0.1) is 24.7 Å². The van der Waals surface area contributed by atoms with E-state index in [0.717, 1.165) is 0 Å². The lowest BCUT2D eigenvalue weighted by Crippen LogP contribution is -2.56. The molecule has 0 saturated carbocycles. The number of nitrogens with zero attached hydrogens (tertiary/aromatic N) is 1. The smallest absolute Gasteiger partial charge is 0.407 e. The van der Waals surface area contributed by atoms with Crippen molar-refractivity contribution in [2.24, 2.45) is 35.5 Å². The van der Waals surface area contributed by atoms with Crippen molar-refractivity contribution in [2.75, 3.05) is 21.2 Å². The van der Waals surface area contributed by atoms with Crippen LogP contribution in [0.5, 0.6) is 0 Å². The zero-order chi connectivity index (χ0) is 31.5. The second-order valence-electron chi connectivity index (χ2n) is 13.7. The van der Waals surface area contributed by atoms with E-state index in [1.807, 2.05) is 27.7 Å². The van der Waals surface area contributed by atoms with Gasteiger partial charge < -0.3 is 33.9 Å². The van der Waals surface area contributed by atoms with Gasteiger partial charge in [0.25, 0.3) is 0 Å². The van der Waals surface area contributed by atoms with Crippen molar-refractivity contribution < 1.29 is 38.1 Å². The number of ketones is 1. The summed E-state index contributed by atoms with van der Waals surface area (Å²) >= 11 is 0. The summed E-state index contributed by atoms with van der Waals surface area (Å²) in [7, 11) is 5.82. The van der Waals surface area contributed by atoms with E-state index in [2.05, 4.69) is 52.0 Å². The number of hydrogen-bond donors (Lipinski definition) is 1. The summed E-state index contributed by atoms with van der Waals surface area (Å²) < 4.78 is 30.7. The molecule has 42 heavy (non-hydrogen) atoms. The number of alkyl carbamates (subject to hydrolysis) is 1. The number of esters is 1. The van der Waals surface area contributed by atoms with Gasteiger partial charge in [0, 0.05) is 49.8 Å². The average Bonchev–Trinajstić information content (AvgIpc) is 2.88. The van der Waals surface area contributed by atoms with Crippen LogP contribution < -0.4 is 5.32 Å². The van der Waals surface area contributed by atoms with Crippen molar-refractivity contribution in [3.63, 3.8) is 0 Å². The van der Waals surface area contributed by atoms with E-state index in [0.29, 0.717) is 18.8 Å². The number of ether oxygens (including phenoxy) is 5. The molecule has 3 saturated heterocycles. The van der Waals surface area contributed by atoms with E-state index >= 15 is 0 Å². The molecule has 3 aliphatic rings. The molecule has 3 heterocycles. The summed E-state index contributed by atoms with van der Waals surface area (Å²) in [6.07, 6.45) is -1.49. The highest BCUT2D eigenvalue weighted by Crippen LogP contribution is 2.37. The lowest BCUT2D eigenvalue weighted by molar-refractivity contribution is -0.282. The van der Waals surface area contributed by atoms with Crippen LogP contribution in [0, 0.1) is 35.5 Å². The van der Waals surface area contributed by atoms with E-state index in [-0.39, 0.29) is 72.4 Å². The zero-order valence-electron chi connectivity index (χ0n) is 27.6. The van der Waals surface area contributed by atoms with E-state index < -0.39 is 36.8 Å². The molecule has 5 unspecified atom stereocenters. The topological polar surface area (TPSA) is 113 Å². The number of rotatable bonds is 4. The predicted octanol–water partition coefficient (Wildman–Crippen LogP) is 4.43. The standard InChI is InChI=1S/C32H56N2O8/c1-16-12-17(2)30(42-31-22(7)28(34(9)10)20(5)23(8)40-31)29(38-11)18(3)13-27(36)39-19(4)14-26-21(6)24(15-25(16)35)33-32(37)41-26/h16-24,26,28-31H,12-15H2,1-11H3,(H,33,37)/t16-,17+,18-,19-,20?,21+,22?,23?,24-,26+,28?,29+,30+,31?/m1/s1. The molecule has 0 aromatic rings. The number of amides is 1. The maximum Gasteiger partial charge on any atom is 0.407 e. The summed E-state index contributed by atoms with van der Waals surface area (Å²) in [5, 5.41) is 2.84. The summed E-state index contributed by atoms with van der Waals surface area (Å²) in [5.41, 5.74) is 0. The highest BCUT2D eigenvalue weighted by atomic mass is 16.7. The van der Waals surface area contributed by atoms with Gasteiger partial charge in [0.2, 0.25) is 0 Å². The Balaban J connectivity index is 1.92. The van der Waals surface area contributed by atoms with Crippen molar-refractivity contribution >= 4 is 17.8 Å². The first kappa shape index (κ1) is 34.7. The molecular formula is C32H56N2O8. The fraction of sp³-hybridized carbons (Fsp3) is 0.906. The minimum absolute atomic E-state index is 0.00372. The molecule has 10 heteroatoms. The van der Waals surface area contributed by atoms with Gasteiger partial charge in [0.1, 0.15) is 18.0 Å². The SMILES string of the molecule is CO[C@@H]1[C@@H](OC2OC(C)C(C)C(N(C)C)C2C)[C@@H](C)C[C@@H](C)C(=O)C[C@H]2NC(=O)O[C@@H](C[C@@H](C)OC(=O)C[C@H]1C)[C@H]2C. The molecule has 0 aliphatic carbocycles. The van der Waals surface area contributed by atoms with Gasteiger partial charge in [0.15, 0.2) is 6.29 Å². The molecule has 3 fully saturated rings. The molecule has 0 aromatic carbocycles. The Morgan fingerprint density at radius 2 is 1.48 bits per heavy atom. The van der Waals surface area contributed by atoms with Gasteiger partial charge >= 0.3 is 12.1 Å². The minimum Gasteiger partial charge on any atom is -0.462 e. The Hall–Kier alpha value is -1.75. The summed E-state index contributed by atoms with van der Waals surface area (Å²) in [4.78, 5) is 41.2. The monoisotopic (exact) mass is 596 g/mol. The van der Waals surface area contributed by atoms with Crippen LogP contribution >= 0.6 is 0 Å². The van der Waals surface area contributed by atoms with E-state index in [4.69, 9.17) is 23.7 Å². The molecule has 0 aromatic heterocycles. The molecule has 3 aliphatic heterocycles. The second-order valence-corrected chi connectivity index (χ2v) is 13.7. The van der Waals surface area contributed by atoms with E-state index in [1.165, 1.54) is 0 Å². The molecule has 0 spiro atoms. The third-order valence-electron chi connectivity index (χ3n) is 10.1. The van der Waals surface area contributed by atoms with E-state index in [9.17, 15) is 14.4 Å². The van der Waals surface area contributed by atoms with Crippen LogP contribution in [0.15, 0.2) is 0 Å². The number of cyclic esters (lactones) is 1. The van der Waals surface area contributed by atoms with Crippen LogP contribution in [0.2, 0.25) is 0 Å². The van der Waals surface area contributed by atoms with Gasteiger partial charge in [-0.15, -0.1) is 0 Å². The highest BCUT2D eigenvalue weighted by Gasteiger charge is 2.45. The van der Waals surface area contributed by atoms with Crippen LogP contribution in [-0.2, 0) is 33.3 Å². The molecule has 3 rings (SSSR count). The van der Waals surface area contributed by atoms with Crippen molar-refractivity contribution in [2.45, 2.75) is 130 Å². The number of nitrogens with one attached hydrogen (secondary N) is 1. The molecule has 0 radical (unpaired) electrons. The first-order valence-electron chi connectivity index (χ1n) is 15.8. The van der Waals surface area contributed by atoms with Crippen molar-refractivity contribution in [3.05, 3.63) is 0 Å². The number of Topliss-reactive ketones (excluding diaryl/α,β-unsaturated/α-hetero) is 1. The van der Waals surface area contributed by atoms with Gasteiger partial charge in [-0.2, -0.15) is 0 Å². The fourth-order valence-electron chi connectivity index (χ4n) is 7.44. The molecular weight excluding hydrogens is 540 g/mol. The first-order valence-corrected chi connectivity index (χ1v) is 15.8. The number of carbonyl (C=O) groups is 3. The van der Waals surface area contributed by atoms with Crippen molar-refractivity contribution in [3.8, 4) is 0 Å².